The Balaban J connectivity index is 2.85. The van der Waals surface area contributed by atoms with Gasteiger partial charge in [0.05, 0.1) is 12.9 Å². The smallest absolute Gasteiger partial charge is 0.273 e. The lowest BCUT2D eigenvalue weighted by Gasteiger charge is -2.02. The van der Waals surface area contributed by atoms with Crippen LogP contribution in [-0.2, 0) is 0 Å². The van der Waals surface area contributed by atoms with Crippen LogP contribution in [0, 0.1) is 0 Å². The third-order valence-electron chi connectivity index (χ3n) is 1.21. The summed E-state index contributed by atoms with van der Waals surface area (Å²) >= 11 is 5.60. The molecule has 0 spiro atoms. The predicted molar refractivity (Wildman–Crippen MR) is 45.7 cm³/mol. The number of aromatic amines is 1. The lowest BCUT2D eigenvalue weighted by molar-refractivity contribution is 0.304. The van der Waals surface area contributed by atoms with Crippen molar-refractivity contribution in [2.24, 2.45) is 0 Å². The lowest BCUT2D eigenvalue weighted by Crippen LogP contribution is -2.09. The van der Waals surface area contributed by atoms with Crippen molar-refractivity contribution in [1.82, 2.24) is 9.97 Å². The maximum atomic E-state index is 10.9. The van der Waals surface area contributed by atoms with Crippen molar-refractivity contribution in [2.45, 2.75) is 13.3 Å². The van der Waals surface area contributed by atoms with Gasteiger partial charge in [0.2, 0.25) is 5.88 Å². The van der Waals surface area contributed by atoms with Crippen molar-refractivity contribution < 1.29 is 4.74 Å². The zero-order chi connectivity index (χ0) is 8.97. The molecular formula is C7H9ClN2O2. The number of nitrogens with zero attached hydrogens (tertiary/aromatic N) is 1. The second kappa shape index (κ2) is 4.11. The van der Waals surface area contributed by atoms with Gasteiger partial charge in [-0.2, -0.15) is 0 Å². The fraction of sp³-hybridized carbons (Fsp3) is 0.429. The zero-order valence-corrected chi connectivity index (χ0v) is 7.39. The highest BCUT2D eigenvalue weighted by atomic mass is 35.5. The molecule has 0 radical (unpaired) electrons. The Hall–Kier alpha value is -1.03. The van der Waals surface area contributed by atoms with E-state index >= 15 is 0 Å². The third-order valence-corrected chi connectivity index (χ3v) is 1.54. The Bertz CT molecular complexity index is 311. The molecule has 0 aliphatic carbocycles. The van der Waals surface area contributed by atoms with Gasteiger partial charge in [0, 0.05) is 0 Å². The molecule has 0 atom stereocenters. The minimum atomic E-state index is -0.377. The first-order valence-electron chi connectivity index (χ1n) is 3.61. The van der Waals surface area contributed by atoms with Crippen molar-refractivity contribution >= 4 is 11.6 Å². The molecule has 12 heavy (non-hydrogen) atoms. The van der Waals surface area contributed by atoms with Crippen LogP contribution in [0.1, 0.15) is 13.3 Å². The molecule has 0 saturated heterocycles. The molecule has 0 bridgehead atoms. The highest BCUT2D eigenvalue weighted by Gasteiger charge is 2.05. The molecule has 0 aliphatic rings. The number of halogens is 1. The van der Waals surface area contributed by atoms with Crippen LogP contribution in [0.3, 0.4) is 0 Å². The zero-order valence-electron chi connectivity index (χ0n) is 6.63. The van der Waals surface area contributed by atoms with Gasteiger partial charge in [-0.1, -0.05) is 18.5 Å². The molecule has 0 aromatic carbocycles. The molecule has 0 unspecified atom stereocenters. The Labute approximate surface area is 74.5 Å². The SMILES string of the molecule is CCCOc1nc[nH]c(=O)c1Cl. The number of hydrogen-bond acceptors (Lipinski definition) is 3. The Morgan fingerprint density at radius 1 is 1.75 bits per heavy atom. The summed E-state index contributed by atoms with van der Waals surface area (Å²) in [6, 6.07) is 0. The summed E-state index contributed by atoms with van der Waals surface area (Å²) in [5, 5.41) is 0.00551. The van der Waals surface area contributed by atoms with Gasteiger partial charge < -0.3 is 9.72 Å². The summed E-state index contributed by atoms with van der Waals surface area (Å²) in [5.74, 6) is 0.197. The minimum absolute atomic E-state index is 0.00551. The molecule has 1 heterocycles. The normalized spacial score (nSPS) is 9.83. The number of ether oxygens (including phenoxy) is 1. The summed E-state index contributed by atoms with van der Waals surface area (Å²) < 4.78 is 5.10. The molecule has 1 rings (SSSR count). The topological polar surface area (TPSA) is 55.0 Å². The third kappa shape index (κ3) is 1.98. The van der Waals surface area contributed by atoms with E-state index in [9.17, 15) is 4.79 Å². The molecule has 0 fully saturated rings. The van der Waals surface area contributed by atoms with Crippen LogP contribution >= 0.6 is 11.6 Å². The summed E-state index contributed by atoms with van der Waals surface area (Å²) in [7, 11) is 0. The molecule has 66 valence electrons. The Kier molecular flexibility index (Phi) is 3.10. The van der Waals surface area contributed by atoms with E-state index in [0.29, 0.717) is 6.61 Å². The van der Waals surface area contributed by atoms with Crippen LogP contribution in [0.25, 0.3) is 0 Å². The van der Waals surface area contributed by atoms with E-state index in [-0.39, 0.29) is 16.5 Å². The maximum absolute atomic E-state index is 10.9. The Morgan fingerprint density at radius 2 is 2.50 bits per heavy atom. The Morgan fingerprint density at radius 3 is 3.17 bits per heavy atom. The van der Waals surface area contributed by atoms with Crippen LogP contribution in [0.5, 0.6) is 5.88 Å². The summed E-state index contributed by atoms with van der Waals surface area (Å²) in [5.41, 5.74) is -0.377. The van der Waals surface area contributed by atoms with Crippen molar-refractivity contribution in [1.29, 1.82) is 0 Å². The van der Waals surface area contributed by atoms with E-state index in [0.717, 1.165) is 6.42 Å². The fourth-order valence-electron chi connectivity index (χ4n) is 0.666. The lowest BCUT2D eigenvalue weighted by atomic mass is 10.5. The van der Waals surface area contributed by atoms with Crippen LogP contribution in [0.2, 0.25) is 5.02 Å². The summed E-state index contributed by atoms with van der Waals surface area (Å²) in [6.07, 6.45) is 2.12. The number of H-pyrrole nitrogens is 1. The van der Waals surface area contributed by atoms with Crippen LogP contribution in [0.4, 0.5) is 0 Å². The van der Waals surface area contributed by atoms with Crippen molar-refractivity contribution in [2.75, 3.05) is 6.61 Å². The van der Waals surface area contributed by atoms with Gasteiger partial charge in [-0.05, 0) is 6.42 Å². The molecular weight excluding hydrogens is 180 g/mol. The molecule has 0 amide bonds. The quantitative estimate of drug-likeness (QED) is 0.776. The first-order valence-corrected chi connectivity index (χ1v) is 3.99. The standard InChI is InChI=1S/C7H9ClN2O2/c1-2-3-12-7-5(8)6(11)9-4-10-7/h4H,2-3H2,1H3,(H,9,10,11). The first-order chi connectivity index (χ1) is 5.75. The molecule has 5 heteroatoms. The maximum Gasteiger partial charge on any atom is 0.273 e. The number of aromatic nitrogens is 2. The van der Waals surface area contributed by atoms with Crippen molar-refractivity contribution in [3.63, 3.8) is 0 Å². The van der Waals surface area contributed by atoms with Gasteiger partial charge in [0.15, 0.2) is 5.02 Å². The van der Waals surface area contributed by atoms with E-state index in [2.05, 4.69) is 9.97 Å². The van der Waals surface area contributed by atoms with Gasteiger partial charge in [-0.25, -0.2) is 4.98 Å². The number of rotatable bonds is 3. The van der Waals surface area contributed by atoms with E-state index < -0.39 is 0 Å². The van der Waals surface area contributed by atoms with E-state index in [4.69, 9.17) is 16.3 Å². The molecule has 1 aromatic heterocycles. The number of nitrogens with one attached hydrogen (secondary N) is 1. The van der Waals surface area contributed by atoms with Crippen molar-refractivity contribution in [3.8, 4) is 5.88 Å². The first kappa shape index (κ1) is 9.06. The van der Waals surface area contributed by atoms with Gasteiger partial charge in [0.1, 0.15) is 0 Å². The van der Waals surface area contributed by atoms with Crippen LogP contribution < -0.4 is 10.3 Å². The molecule has 1 aromatic rings. The van der Waals surface area contributed by atoms with Gasteiger partial charge in [0.25, 0.3) is 5.56 Å². The molecule has 1 N–H and O–H groups in total. The minimum Gasteiger partial charge on any atom is -0.476 e. The number of hydrogen-bond donors (Lipinski definition) is 1. The molecule has 0 saturated carbocycles. The van der Waals surface area contributed by atoms with E-state index in [1.807, 2.05) is 6.92 Å². The van der Waals surface area contributed by atoms with E-state index in [1.54, 1.807) is 0 Å². The second-order valence-electron chi connectivity index (χ2n) is 2.20. The van der Waals surface area contributed by atoms with Crippen LogP contribution in [-0.4, -0.2) is 16.6 Å². The van der Waals surface area contributed by atoms with Crippen molar-refractivity contribution in [3.05, 3.63) is 21.7 Å². The fourth-order valence-corrected chi connectivity index (χ4v) is 0.824. The summed E-state index contributed by atoms with van der Waals surface area (Å²) in [4.78, 5) is 17.0. The molecule has 4 nitrogen and oxygen atoms in total. The monoisotopic (exact) mass is 188 g/mol. The largest absolute Gasteiger partial charge is 0.476 e. The highest BCUT2D eigenvalue weighted by molar-refractivity contribution is 6.31. The summed E-state index contributed by atoms with van der Waals surface area (Å²) in [6.45, 7) is 2.47. The average molecular weight is 189 g/mol. The highest BCUT2D eigenvalue weighted by Crippen LogP contribution is 2.14. The van der Waals surface area contributed by atoms with Gasteiger partial charge in [-0.15, -0.1) is 0 Å². The van der Waals surface area contributed by atoms with E-state index in [1.165, 1.54) is 6.33 Å². The predicted octanol–water partition coefficient (Wildman–Crippen LogP) is 1.21. The van der Waals surface area contributed by atoms with Crippen LogP contribution in [0.15, 0.2) is 11.1 Å². The van der Waals surface area contributed by atoms with Gasteiger partial charge >= 0.3 is 0 Å². The van der Waals surface area contributed by atoms with Gasteiger partial charge in [-0.3, -0.25) is 4.79 Å². The average Bonchev–Trinajstić information content (AvgIpc) is 2.08. The molecule has 0 aliphatic heterocycles. The second-order valence-corrected chi connectivity index (χ2v) is 2.58.